The summed E-state index contributed by atoms with van der Waals surface area (Å²) in [7, 11) is 0. The Hall–Kier alpha value is -1.12. The van der Waals surface area contributed by atoms with Crippen molar-refractivity contribution in [2.45, 2.75) is 85.2 Å². The molecule has 0 spiro atoms. The first-order valence-corrected chi connectivity index (χ1v) is 10.3. The average Bonchev–Trinajstić information content (AvgIpc) is 2.86. The second kappa shape index (κ2) is 7.25. The topological polar surface area (TPSA) is 43.4 Å². The van der Waals surface area contributed by atoms with Crippen LogP contribution in [0.25, 0.3) is 0 Å². The standard InChI is InChI=1S/C22H34O3/c1-5-6-16-13-17(24)7-8-19(16)18-11-12-22(4)20(14(18)2)9-10-21(22)25-15(3)23/h13-14,18-21H,5-12H2,1-4H3. The Morgan fingerprint density at radius 3 is 2.72 bits per heavy atom. The highest BCUT2D eigenvalue weighted by atomic mass is 16.5. The molecular formula is C22H34O3. The number of esters is 1. The van der Waals surface area contributed by atoms with Gasteiger partial charge in [-0.15, -0.1) is 0 Å². The quantitative estimate of drug-likeness (QED) is 0.666. The lowest BCUT2D eigenvalue weighted by atomic mass is 9.56. The highest BCUT2D eigenvalue weighted by Crippen LogP contribution is 2.59. The molecule has 140 valence electrons. The van der Waals surface area contributed by atoms with Crippen LogP contribution in [0.1, 0.15) is 79.1 Å². The van der Waals surface area contributed by atoms with Crippen LogP contribution in [0.5, 0.6) is 0 Å². The summed E-state index contributed by atoms with van der Waals surface area (Å²) in [5.41, 5.74) is 1.55. The van der Waals surface area contributed by atoms with E-state index in [0.29, 0.717) is 29.5 Å². The summed E-state index contributed by atoms with van der Waals surface area (Å²) in [5.74, 6) is 2.73. The monoisotopic (exact) mass is 346 g/mol. The zero-order valence-electron chi connectivity index (χ0n) is 16.3. The molecule has 0 radical (unpaired) electrons. The lowest BCUT2D eigenvalue weighted by Gasteiger charge is -2.50. The minimum Gasteiger partial charge on any atom is -0.462 e. The summed E-state index contributed by atoms with van der Waals surface area (Å²) >= 11 is 0. The van der Waals surface area contributed by atoms with Crippen molar-refractivity contribution in [1.82, 2.24) is 0 Å². The van der Waals surface area contributed by atoms with E-state index in [1.807, 2.05) is 6.08 Å². The molecule has 0 bridgehead atoms. The molecule has 25 heavy (non-hydrogen) atoms. The normalized spacial score (nSPS) is 41.2. The van der Waals surface area contributed by atoms with E-state index in [1.165, 1.54) is 25.3 Å². The summed E-state index contributed by atoms with van der Waals surface area (Å²) in [4.78, 5) is 23.4. The molecule has 6 atom stereocenters. The van der Waals surface area contributed by atoms with E-state index in [4.69, 9.17) is 4.74 Å². The number of carbonyl (C=O) groups excluding carboxylic acids is 2. The molecule has 3 nitrogen and oxygen atoms in total. The van der Waals surface area contributed by atoms with E-state index in [1.54, 1.807) is 0 Å². The maximum Gasteiger partial charge on any atom is 0.302 e. The number of hydrogen-bond donors (Lipinski definition) is 0. The maximum absolute atomic E-state index is 11.9. The van der Waals surface area contributed by atoms with Crippen LogP contribution in [-0.4, -0.2) is 17.9 Å². The number of ketones is 1. The first kappa shape index (κ1) is 18.7. The Morgan fingerprint density at radius 2 is 2.04 bits per heavy atom. The van der Waals surface area contributed by atoms with Gasteiger partial charge in [-0.2, -0.15) is 0 Å². The molecule has 0 aromatic heterocycles. The molecule has 0 aromatic rings. The van der Waals surface area contributed by atoms with E-state index >= 15 is 0 Å². The molecule has 2 fully saturated rings. The van der Waals surface area contributed by atoms with Crippen LogP contribution in [0.15, 0.2) is 11.6 Å². The maximum atomic E-state index is 11.9. The number of allylic oxidation sites excluding steroid dienone is 2. The van der Waals surface area contributed by atoms with Gasteiger partial charge in [0.05, 0.1) is 0 Å². The van der Waals surface area contributed by atoms with Gasteiger partial charge in [0, 0.05) is 18.8 Å². The molecule has 0 aromatic carbocycles. The SMILES string of the molecule is CCCC1=CC(=O)CCC1C1CCC2(C)C(OC(C)=O)CCC2C1C. The molecule has 3 aliphatic rings. The van der Waals surface area contributed by atoms with Gasteiger partial charge >= 0.3 is 5.97 Å². The van der Waals surface area contributed by atoms with Crippen molar-refractivity contribution in [2.75, 3.05) is 0 Å². The van der Waals surface area contributed by atoms with E-state index < -0.39 is 0 Å². The van der Waals surface area contributed by atoms with Crippen LogP contribution in [-0.2, 0) is 14.3 Å². The van der Waals surface area contributed by atoms with Crippen molar-refractivity contribution >= 4 is 11.8 Å². The number of ether oxygens (including phenoxy) is 1. The van der Waals surface area contributed by atoms with Gasteiger partial charge < -0.3 is 4.74 Å². The lowest BCUT2D eigenvalue weighted by Crippen LogP contribution is -2.45. The molecule has 0 saturated heterocycles. The first-order chi connectivity index (χ1) is 11.9. The molecule has 6 unspecified atom stereocenters. The van der Waals surface area contributed by atoms with Crippen LogP contribution in [0.4, 0.5) is 0 Å². The molecular weight excluding hydrogens is 312 g/mol. The van der Waals surface area contributed by atoms with Gasteiger partial charge in [0.2, 0.25) is 0 Å². The Labute approximate surface area is 152 Å². The molecule has 0 heterocycles. The Kier molecular flexibility index (Phi) is 5.41. The molecule has 0 amide bonds. The number of hydrogen-bond acceptors (Lipinski definition) is 3. The van der Waals surface area contributed by atoms with E-state index in [9.17, 15) is 9.59 Å². The third-order valence-corrected chi connectivity index (χ3v) is 7.54. The summed E-state index contributed by atoms with van der Waals surface area (Å²) in [6.07, 6.45) is 10.5. The number of rotatable bonds is 4. The van der Waals surface area contributed by atoms with Gasteiger partial charge in [-0.1, -0.05) is 32.8 Å². The van der Waals surface area contributed by atoms with Crippen molar-refractivity contribution in [3.05, 3.63) is 11.6 Å². The van der Waals surface area contributed by atoms with Crippen molar-refractivity contribution in [3.63, 3.8) is 0 Å². The molecule has 0 N–H and O–H groups in total. The highest BCUT2D eigenvalue weighted by molar-refractivity contribution is 5.91. The highest BCUT2D eigenvalue weighted by Gasteiger charge is 2.55. The van der Waals surface area contributed by atoms with Crippen molar-refractivity contribution < 1.29 is 14.3 Å². The summed E-state index contributed by atoms with van der Waals surface area (Å²) in [5, 5.41) is 0. The third kappa shape index (κ3) is 3.44. The zero-order chi connectivity index (χ0) is 18.2. The number of fused-ring (bicyclic) bond motifs is 1. The minimum atomic E-state index is -0.138. The molecule has 3 heteroatoms. The third-order valence-electron chi connectivity index (χ3n) is 7.54. The predicted octanol–water partition coefficient (Wildman–Crippen LogP) is 5.09. The van der Waals surface area contributed by atoms with E-state index in [0.717, 1.165) is 38.5 Å². The smallest absolute Gasteiger partial charge is 0.302 e. The second-order valence-electron chi connectivity index (χ2n) is 8.93. The van der Waals surface area contributed by atoms with Crippen LogP contribution in [0.3, 0.4) is 0 Å². The number of carbonyl (C=O) groups is 2. The fourth-order valence-electron chi connectivity index (χ4n) is 6.34. The predicted molar refractivity (Wildman–Crippen MR) is 99.0 cm³/mol. The Morgan fingerprint density at radius 1 is 1.28 bits per heavy atom. The van der Waals surface area contributed by atoms with Gasteiger partial charge in [-0.05, 0) is 68.3 Å². The van der Waals surface area contributed by atoms with Crippen LogP contribution in [0.2, 0.25) is 0 Å². The fourth-order valence-corrected chi connectivity index (χ4v) is 6.34. The van der Waals surface area contributed by atoms with Gasteiger partial charge in [0.1, 0.15) is 6.10 Å². The van der Waals surface area contributed by atoms with Gasteiger partial charge in [0.15, 0.2) is 5.78 Å². The van der Waals surface area contributed by atoms with Crippen molar-refractivity contribution in [3.8, 4) is 0 Å². The van der Waals surface area contributed by atoms with Crippen LogP contribution < -0.4 is 0 Å². The fraction of sp³-hybridized carbons (Fsp3) is 0.818. The van der Waals surface area contributed by atoms with E-state index in [2.05, 4.69) is 20.8 Å². The summed E-state index contributed by atoms with van der Waals surface area (Å²) in [6.45, 7) is 8.51. The van der Waals surface area contributed by atoms with Crippen molar-refractivity contribution in [1.29, 1.82) is 0 Å². The van der Waals surface area contributed by atoms with Gasteiger partial charge in [-0.25, -0.2) is 0 Å². The van der Waals surface area contributed by atoms with E-state index in [-0.39, 0.29) is 17.5 Å². The first-order valence-electron chi connectivity index (χ1n) is 10.3. The second-order valence-corrected chi connectivity index (χ2v) is 8.93. The van der Waals surface area contributed by atoms with Crippen LogP contribution in [0, 0.1) is 29.1 Å². The molecule has 3 aliphatic carbocycles. The Bertz CT molecular complexity index is 564. The minimum absolute atomic E-state index is 0.0944. The Balaban J connectivity index is 1.78. The van der Waals surface area contributed by atoms with Gasteiger partial charge in [-0.3, -0.25) is 9.59 Å². The largest absolute Gasteiger partial charge is 0.462 e. The summed E-state index contributed by atoms with van der Waals surface area (Å²) in [6, 6.07) is 0. The zero-order valence-corrected chi connectivity index (χ0v) is 16.3. The van der Waals surface area contributed by atoms with Gasteiger partial charge in [0.25, 0.3) is 0 Å². The molecule has 3 rings (SSSR count). The average molecular weight is 347 g/mol. The van der Waals surface area contributed by atoms with Crippen LogP contribution >= 0.6 is 0 Å². The molecule has 2 saturated carbocycles. The molecule has 0 aliphatic heterocycles. The summed E-state index contributed by atoms with van der Waals surface area (Å²) < 4.78 is 5.69. The lowest BCUT2D eigenvalue weighted by molar-refractivity contribution is -0.155. The van der Waals surface area contributed by atoms with Crippen molar-refractivity contribution in [2.24, 2.45) is 29.1 Å².